The van der Waals surface area contributed by atoms with Gasteiger partial charge in [-0.25, -0.2) is 0 Å². The fourth-order valence-electron chi connectivity index (χ4n) is 1.52. The first-order chi connectivity index (χ1) is 4.72. The standard InChI is InChI=1S/C9H14O/c1-7-5-3-4-6-9(7)8(2)10/h3-4,7,9H,5-6H2,1-2H3. The van der Waals surface area contributed by atoms with Crippen LogP contribution < -0.4 is 0 Å². The molecule has 1 rings (SSSR count). The molecule has 0 saturated heterocycles. The normalized spacial score (nSPS) is 32.2. The Hall–Kier alpha value is -0.590. The first-order valence-electron chi connectivity index (χ1n) is 3.87. The quantitative estimate of drug-likeness (QED) is 0.507. The van der Waals surface area contributed by atoms with Gasteiger partial charge >= 0.3 is 0 Å². The van der Waals surface area contributed by atoms with Crippen molar-refractivity contribution in [1.82, 2.24) is 0 Å². The summed E-state index contributed by atoms with van der Waals surface area (Å²) < 4.78 is 0. The third-order valence-electron chi connectivity index (χ3n) is 2.27. The minimum absolute atomic E-state index is 0.296. The van der Waals surface area contributed by atoms with Crippen molar-refractivity contribution in [3.05, 3.63) is 12.2 Å². The lowest BCUT2D eigenvalue weighted by Crippen LogP contribution is -2.20. The van der Waals surface area contributed by atoms with E-state index in [2.05, 4.69) is 19.1 Å². The summed E-state index contributed by atoms with van der Waals surface area (Å²) in [6.45, 7) is 3.84. The highest BCUT2D eigenvalue weighted by atomic mass is 16.1. The Bertz CT molecular complexity index is 158. The second kappa shape index (κ2) is 3.00. The zero-order chi connectivity index (χ0) is 7.56. The van der Waals surface area contributed by atoms with Crippen LogP contribution in [0.5, 0.6) is 0 Å². The van der Waals surface area contributed by atoms with E-state index in [1.807, 2.05) is 0 Å². The summed E-state index contributed by atoms with van der Waals surface area (Å²) >= 11 is 0. The lowest BCUT2D eigenvalue weighted by atomic mass is 9.82. The van der Waals surface area contributed by atoms with Crippen molar-refractivity contribution in [3.8, 4) is 0 Å². The zero-order valence-corrected chi connectivity index (χ0v) is 6.63. The molecule has 0 bridgehead atoms. The average molecular weight is 138 g/mol. The highest BCUT2D eigenvalue weighted by Gasteiger charge is 2.21. The maximum atomic E-state index is 11.0. The summed E-state index contributed by atoms with van der Waals surface area (Å²) in [6.07, 6.45) is 6.32. The van der Waals surface area contributed by atoms with Gasteiger partial charge in [-0.3, -0.25) is 4.79 Å². The third kappa shape index (κ3) is 1.47. The van der Waals surface area contributed by atoms with Crippen LogP contribution in [0.25, 0.3) is 0 Å². The van der Waals surface area contributed by atoms with Crippen LogP contribution in [-0.4, -0.2) is 5.78 Å². The van der Waals surface area contributed by atoms with Crippen molar-refractivity contribution in [2.24, 2.45) is 11.8 Å². The van der Waals surface area contributed by atoms with Gasteiger partial charge < -0.3 is 0 Å². The van der Waals surface area contributed by atoms with Crippen LogP contribution >= 0.6 is 0 Å². The van der Waals surface area contributed by atoms with Crippen molar-refractivity contribution >= 4 is 5.78 Å². The third-order valence-corrected chi connectivity index (χ3v) is 2.27. The lowest BCUT2D eigenvalue weighted by Gasteiger charge is -2.21. The molecule has 0 aliphatic heterocycles. The second-order valence-corrected chi connectivity index (χ2v) is 3.14. The average Bonchev–Trinajstić information content (AvgIpc) is 1.88. The molecule has 0 saturated carbocycles. The van der Waals surface area contributed by atoms with E-state index >= 15 is 0 Å². The Kier molecular flexibility index (Phi) is 2.25. The smallest absolute Gasteiger partial charge is 0.133 e. The van der Waals surface area contributed by atoms with Gasteiger partial charge in [0, 0.05) is 5.92 Å². The number of ketones is 1. The van der Waals surface area contributed by atoms with E-state index in [1.54, 1.807) is 6.92 Å². The summed E-state index contributed by atoms with van der Waals surface area (Å²) in [5, 5.41) is 0. The summed E-state index contributed by atoms with van der Waals surface area (Å²) in [5.41, 5.74) is 0. The highest BCUT2D eigenvalue weighted by Crippen LogP contribution is 2.25. The molecular formula is C9H14O. The minimum Gasteiger partial charge on any atom is -0.300 e. The number of hydrogen-bond donors (Lipinski definition) is 0. The summed E-state index contributed by atoms with van der Waals surface area (Å²) in [4.78, 5) is 11.0. The van der Waals surface area contributed by atoms with E-state index in [0.717, 1.165) is 12.8 Å². The van der Waals surface area contributed by atoms with Gasteiger partial charge in [-0.05, 0) is 25.7 Å². The molecule has 1 nitrogen and oxygen atoms in total. The van der Waals surface area contributed by atoms with Crippen LogP contribution in [-0.2, 0) is 4.79 Å². The summed E-state index contributed by atoms with van der Waals surface area (Å²) in [6, 6.07) is 0. The van der Waals surface area contributed by atoms with Crippen LogP contribution in [0.3, 0.4) is 0 Å². The molecule has 0 amide bonds. The molecule has 56 valence electrons. The van der Waals surface area contributed by atoms with Gasteiger partial charge in [0.25, 0.3) is 0 Å². The molecule has 1 aliphatic rings. The van der Waals surface area contributed by atoms with Crippen molar-refractivity contribution in [2.75, 3.05) is 0 Å². The van der Waals surface area contributed by atoms with Crippen molar-refractivity contribution < 1.29 is 4.79 Å². The fourth-order valence-corrected chi connectivity index (χ4v) is 1.52. The van der Waals surface area contributed by atoms with Crippen LogP contribution in [0.15, 0.2) is 12.2 Å². The molecule has 10 heavy (non-hydrogen) atoms. The molecular weight excluding hydrogens is 124 g/mol. The topological polar surface area (TPSA) is 17.1 Å². The zero-order valence-electron chi connectivity index (χ0n) is 6.63. The van der Waals surface area contributed by atoms with E-state index in [1.165, 1.54) is 0 Å². The van der Waals surface area contributed by atoms with Gasteiger partial charge in [0.2, 0.25) is 0 Å². The number of allylic oxidation sites excluding steroid dienone is 2. The second-order valence-electron chi connectivity index (χ2n) is 3.14. The van der Waals surface area contributed by atoms with Gasteiger partial charge in [0.1, 0.15) is 5.78 Å². The molecule has 0 aromatic heterocycles. The molecule has 2 atom stereocenters. The Morgan fingerprint density at radius 1 is 1.40 bits per heavy atom. The van der Waals surface area contributed by atoms with Crippen LogP contribution in [0.2, 0.25) is 0 Å². The number of carbonyl (C=O) groups excluding carboxylic acids is 1. The van der Waals surface area contributed by atoms with Gasteiger partial charge in [-0.2, -0.15) is 0 Å². The number of hydrogen-bond acceptors (Lipinski definition) is 1. The molecule has 1 aliphatic carbocycles. The van der Waals surface area contributed by atoms with E-state index < -0.39 is 0 Å². The maximum Gasteiger partial charge on any atom is 0.133 e. The molecule has 0 N–H and O–H groups in total. The first-order valence-corrected chi connectivity index (χ1v) is 3.87. The Labute approximate surface area is 62.1 Å². The molecule has 0 heterocycles. The van der Waals surface area contributed by atoms with Crippen molar-refractivity contribution in [2.45, 2.75) is 26.7 Å². The minimum atomic E-state index is 0.296. The molecule has 2 unspecified atom stereocenters. The fraction of sp³-hybridized carbons (Fsp3) is 0.667. The molecule has 0 aromatic rings. The molecule has 0 spiro atoms. The number of Topliss-reactive ketones (excluding diaryl/α,β-unsaturated/α-hetero) is 1. The SMILES string of the molecule is CC(=O)C1CC=CCC1C. The van der Waals surface area contributed by atoms with Crippen LogP contribution in [0.4, 0.5) is 0 Å². The molecule has 0 aromatic carbocycles. The Morgan fingerprint density at radius 3 is 2.40 bits per heavy atom. The van der Waals surface area contributed by atoms with E-state index in [-0.39, 0.29) is 0 Å². The highest BCUT2D eigenvalue weighted by molar-refractivity contribution is 5.78. The first kappa shape index (κ1) is 7.52. The summed E-state index contributed by atoms with van der Waals surface area (Å²) in [5.74, 6) is 1.20. The van der Waals surface area contributed by atoms with Gasteiger partial charge in [-0.15, -0.1) is 0 Å². The van der Waals surface area contributed by atoms with E-state index in [4.69, 9.17) is 0 Å². The molecule has 1 heteroatoms. The van der Waals surface area contributed by atoms with E-state index in [9.17, 15) is 4.79 Å². The van der Waals surface area contributed by atoms with Gasteiger partial charge in [0.15, 0.2) is 0 Å². The van der Waals surface area contributed by atoms with Crippen LogP contribution in [0, 0.1) is 11.8 Å². The molecule has 0 fully saturated rings. The van der Waals surface area contributed by atoms with Gasteiger partial charge in [-0.1, -0.05) is 19.1 Å². The van der Waals surface area contributed by atoms with Crippen molar-refractivity contribution in [1.29, 1.82) is 0 Å². The Balaban J connectivity index is 2.59. The monoisotopic (exact) mass is 138 g/mol. The maximum absolute atomic E-state index is 11.0. The number of carbonyl (C=O) groups is 1. The van der Waals surface area contributed by atoms with E-state index in [0.29, 0.717) is 17.6 Å². The predicted molar refractivity (Wildman–Crippen MR) is 41.7 cm³/mol. The Morgan fingerprint density at radius 2 is 2.00 bits per heavy atom. The lowest BCUT2D eigenvalue weighted by molar-refractivity contribution is -0.122. The predicted octanol–water partition coefficient (Wildman–Crippen LogP) is 2.18. The largest absolute Gasteiger partial charge is 0.300 e. The number of rotatable bonds is 1. The van der Waals surface area contributed by atoms with Crippen LogP contribution in [0.1, 0.15) is 26.7 Å². The van der Waals surface area contributed by atoms with Crippen molar-refractivity contribution in [3.63, 3.8) is 0 Å². The summed E-state index contributed by atoms with van der Waals surface area (Å²) in [7, 11) is 0. The van der Waals surface area contributed by atoms with Gasteiger partial charge in [0.05, 0.1) is 0 Å². The molecule has 0 radical (unpaired) electrons.